The highest BCUT2D eigenvalue weighted by Gasteiger charge is 2.29. The van der Waals surface area contributed by atoms with Crippen LogP contribution in [0.25, 0.3) is 0 Å². The molecule has 1 unspecified atom stereocenters. The van der Waals surface area contributed by atoms with E-state index in [0.717, 1.165) is 6.07 Å². The predicted molar refractivity (Wildman–Crippen MR) is 128 cm³/mol. The van der Waals surface area contributed by atoms with Crippen LogP contribution in [-0.2, 0) is 31.8 Å². The van der Waals surface area contributed by atoms with Gasteiger partial charge in [-0.3, -0.25) is 4.79 Å². The second kappa shape index (κ2) is 11.8. The van der Waals surface area contributed by atoms with Gasteiger partial charge in [0.1, 0.15) is 23.2 Å². The van der Waals surface area contributed by atoms with Crippen LogP contribution in [0.1, 0.15) is 40.4 Å². The first-order valence-electron chi connectivity index (χ1n) is 11.2. The Hall–Kier alpha value is -3.70. The van der Waals surface area contributed by atoms with Crippen molar-refractivity contribution < 1.29 is 48.2 Å². The zero-order chi connectivity index (χ0) is 26.4. The van der Waals surface area contributed by atoms with E-state index in [1.165, 1.54) is 21.3 Å². The minimum absolute atomic E-state index is 0.0583. The molecule has 0 spiro atoms. The number of phenolic OH excluding ortho intramolecular Hbond substituents is 2. The monoisotopic (exact) mass is 505 g/mol. The van der Waals surface area contributed by atoms with Gasteiger partial charge < -0.3 is 44.0 Å². The average molecular weight is 506 g/mol. The maximum Gasteiger partial charge on any atom is 0.342 e. The number of carbonyl (C=O) groups is 2. The smallest absolute Gasteiger partial charge is 0.342 e. The molecule has 1 aliphatic heterocycles. The number of hydrogen-bond acceptors (Lipinski definition) is 10. The van der Waals surface area contributed by atoms with Gasteiger partial charge in [-0.05, 0) is 31.4 Å². The van der Waals surface area contributed by atoms with Gasteiger partial charge in [-0.25, -0.2) is 4.79 Å². The van der Waals surface area contributed by atoms with E-state index in [2.05, 4.69) is 5.32 Å². The Morgan fingerprint density at radius 3 is 2.33 bits per heavy atom. The van der Waals surface area contributed by atoms with E-state index in [1.807, 2.05) is 0 Å². The standard InChI is InChI=1S/C25H31NO10/c1-13-8-16-23(35-12-32-4)17(9-20(24(16)33-5)34-11-31-3)26-21(29)7-6-15-14(2)18(27)10-19(28)22(15)25(30)36-13/h9-10,13,27-28H,6-8,11-12H2,1-5H3,(H,26,29). The highest BCUT2D eigenvalue weighted by Crippen LogP contribution is 2.45. The molecule has 0 saturated heterocycles. The number of methoxy groups -OCH3 is 3. The summed E-state index contributed by atoms with van der Waals surface area (Å²) in [6, 6.07) is 2.64. The van der Waals surface area contributed by atoms with Crippen LogP contribution in [-0.4, -0.2) is 63.1 Å². The zero-order valence-electron chi connectivity index (χ0n) is 20.9. The number of phenols is 2. The molecule has 0 fully saturated rings. The fourth-order valence-corrected chi connectivity index (χ4v) is 4.06. The SMILES string of the molecule is COCOc1cc2c(OCOC)c(c1OC)CC(C)OC(=O)c1c(O)cc(O)c(C)c1CCC(=O)N2. The number of anilines is 1. The molecule has 11 nitrogen and oxygen atoms in total. The van der Waals surface area contributed by atoms with Crippen molar-refractivity contribution in [2.45, 2.75) is 39.2 Å². The summed E-state index contributed by atoms with van der Waals surface area (Å²) in [7, 11) is 4.38. The summed E-state index contributed by atoms with van der Waals surface area (Å²) in [6.07, 6.45) is -0.629. The number of nitrogens with one attached hydrogen (secondary N) is 1. The fourth-order valence-electron chi connectivity index (χ4n) is 4.06. The largest absolute Gasteiger partial charge is 0.508 e. The Morgan fingerprint density at radius 2 is 1.67 bits per heavy atom. The quantitative estimate of drug-likeness (QED) is 0.380. The molecule has 0 aromatic heterocycles. The van der Waals surface area contributed by atoms with Gasteiger partial charge in [0.2, 0.25) is 5.91 Å². The first kappa shape index (κ1) is 26.9. The molecule has 1 amide bonds. The number of ether oxygens (including phenoxy) is 6. The Kier molecular flexibility index (Phi) is 8.83. The molecule has 2 aromatic carbocycles. The molecule has 0 saturated carbocycles. The number of carbonyl (C=O) groups excluding carboxylic acids is 2. The normalized spacial score (nSPS) is 16.0. The van der Waals surface area contributed by atoms with Gasteiger partial charge in [0.05, 0.1) is 12.8 Å². The fraction of sp³-hybridized carbons (Fsp3) is 0.440. The van der Waals surface area contributed by atoms with Crippen molar-refractivity contribution in [2.75, 3.05) is 40.2 Å². The Balaban J connectivity index is 2.17. The van der Waals surface area contributed by atoms with Crippen molar-refractivity contribution in [1.82, 2.24) is 0 Å². The van der Waals surface area contributed by atoms with E-state index in [1.54, 1.807) is 19.9 Å². The lowest BCUT2D eigenvalue weighted by Crippen LogP contribution is -2.20. The zero-order valence-corrected chi connectivity index (χ0v) is 20.9. The van der Waals surface area contributed by atoms with Crippen LogP contribution in [0.4, 0.5) is 5.69 Å². The number of amides is 1. The van der Waals surface area contributed by atoms with Gasteiger partial charge in [0.25, 0.3) is 0 Å². The van der Waals surface area contributed by atoms with E-state index in [-0.39, 0.29) is 55.7 Å². The van der Waals surface area contributed by atoms with E-state index in [4.69, 9.17) is 28.4 Å². The number of fused-ring (bicyclic) bond motifs is 3. The molecule has 0 radical (unpaired) electrons. The summed E-state index contributed by atoms with van der Waals surface area (Å²) in [5.41, 5.74) is 1.36. The van der Waals surface area contributed by atoms with Gasteiger partial charge in [-0.1, -0.05) is 0 Å². The number of benzene rings is 2. The van der Waals surface area contributed by atoms with Crippen molar-refractivity contribution in [2.24, 2.45) is 0 Å². The lowest BCUT2D eigenvalue weighted by molar-refractivity contribution is -0.116. The molecule has 196 valence electrons. The number of hydrogen-bond donors (Lipinski definition) is 3. The lowest BCUT2D eigenvalue weighted by Gasteiger charge is -2.23. The van der Waals surface area contributed by atoms with Crippen molar-refractivity contribution in [1.29, 1.82) is 0 Å². The van der Waals surface area contributed by atoms with Crippen LogP contribution in [0.2, 0.25) is 0 Å². The number of aromatic hydroxyl groups is 2. The summed E-state index contributed by atoms with van der Waals surface area (Å²) in [5.74, 6) is -0.963. The van der Waals surface area contributed by atoms with Crippen LogP contribution in [0, 0.1) is 6.92 Å². The molecule has 1 atom stereocenters. The average Bonchev–Trinajstić information content (AvgIpc) is 2.83. The van der Waals surface area contributed by atoms with Crippen molar-refractivity contribution in [3.63, 3.8) is 0 Å². The minimum Gasteiger partial charge on any atom is -0.508 e. The minimum atomic E-state index is -0.789. The summed E-state index contributed by atoms with van der Waals surface area (Å²) in [4.78, 5) is 26.1. The third-order valence-corrected chi connectivity index (χ3v) is 5.70. The number of rotatable bonds is 7. The second-order valence-corrected chi connectivity index (χ2v) is 8.23. The van der Waals surface area contributed by atoms with E-state index in [0.29, 0.717) is 28.1 Å². The highest BCUT2D eigenvalue weighted by molar-refractivity contribution is 5.97. The van der Waals surface area contributed by atoms with Crippen LogP contribution >= 0.6 is 0 Å². The van der Waals surface area contributed by atoms with Gasteiger partial charge in [-0.2, -0.15) is 0 Å². The molecule has 2 bridgehead atoms. The molecule has 0 aliphatic carbocycles. The van der Waals surface area contributed by atoms with Crippen LogP contribution < -0.4 is 19.5 Å². The Bertz CT molecular complexity index is 1130. The van der Waals surface area contributed by atoms with Gasteiger partial charge >= 0.3 is 5.97 Å². The first-order chi connectivity index (χ1) is 17.2. The lowest BCUT2D eigenvalue weighted by atomic mass is 9.95. The van der Waals surface area contributed by atoms with Crippen molar-refractivity contribution >= 4 is 17.6 Å². The molecule has 36 heavy (non-hydrogen) atoms. The summed E-state index contributed by atoms with van der Waals surface area (Å²) >= 11 is 0. The Labute approximate surface area is 208 Å². The maximum atomic E-state index is 13.1. The molecule has 3 rings (SSSR count). The molecular weight excluding hydrogens is 474 g/mol. The highest BCUT2D eigenvalue weighted by atomic mass is 16.7. The summed E-state index contributed by atoms with van der Waals surface area (Å²) in [6.45, 7) is 3.07. The van der Waals surface area contributed by atoms with Crippen molar-refractivity contribution in [3.05, 3.63) is 34.4 Å². The molecule has 3 N–H and O–H groups in total. The third kappa shape index (κ3) is 5.74. The van der Waals surface area contributed by atoms with Crippen LogP contribution in [0.15, 0.2) is 12.1 Å². The summed E-state index contributed by atoms with van der Waals surface area (Å²) < 4.78 is 32.9. The van der Waals surface area contributed by atoms with E-state index in [9.17, 15) is 19.8 Å². The van der Waals surface area contributed by atoms with Crippen LogP contribution in [0.5, 0.6) is 28.7 Å². The molecule has 2 aromatic rings. The van der Waals surface area contributed by atoms with Gasteiger partial charge in [0.15, 0.2) is 30.8 Å². The maximum absolute atomic E-state index is 13.1. The topological polar surface area (TPSA) is 142 Å². The molecule has 1 aliphatic rings. The number of esters is 1. The Morgan fingerprint density at radius 1 is 0.972 bits per heavy atom. The van der Waals surface area contributed by atoms with Gasteiger partial charge in [-0.15, -0.1) is 0 Å². The van der Waals surface area contributed by atoms with Crippen LogP contribution in [0.3, 0.4) is 0 Å². The van der Waals surface area contributed by atoms with Gasteiger partial charge in [0, 0.05) is 44.8 Å². The first-order valence-corrected chi connectivity index (χ1v) is 11.2. The number of cyclic esters (lactones) is 1. The summed E-state index contributed by atoms with van der Waals surface area (Å²) in [5, 5.41) is 23.5. The molecule has 1 heterocycles. The predicted octanol–water partition coefficient (Wildman–Crippen LogP) is 3.05. The second-order valence-electron chi connectivity index (χ2n) is 8.23. The molecular formula is C25H31NO10. The van der Waals surface area contributed by atoms with Crippen molar-refractivity contribution in [3.8, 4) is 28.7 Å². The van der Waals surface area contributed by atoms with E-state index < -0.39 is 23.7 Å². The third-order valence-electron chi connectivity index (χ3n) is 5.70. The van der Waals surface area contributed by atoms with E-state index >= 15 is 0 Å². The molecule has 11 heteroatoms.